The standard InChI is InChI=1S/C17H16N2O4S2/c20-16(18-13-5-2-1-3-6-13)8-10-25(21,22)12-14-11-24-17(19-14)15-7-4-9-23-15/h1-7,9,11H,8,10,12H2,(H,18,20). The first-order valence-electron chi connectivity index (χ1n) is 7.55. The molecule has 0 fully saturated rings. The molecule has 6 nitrogen and oxygen atoms in total. The van der Waals surface area contributed by atoms with Crippen molar-refractivity contribution < 1.29 is 17.6 Å². The SMILES string of the molecule is O=C(CCS(=O)(=O)Cc1csc(-c2ccco2)n1)Nc1ccccc1. The van der Waals surface area contributed by atoms with Crippen LogP contribution in [-0.2, 0) is 20.4 Å². The largest absolute Gasteiger partial charge is 0.462 e. The van der Waals surface area contributed by atoms with Crippen LogP contribution in [0.4, 0.5) is 5.69 Å². The lowest BCUT2D eigenvalue weighted by atomic mass is 10.3. The van der Waals surface area contributed by atoms with E-state index in [1.165, 1.54) is 11.3 Å². The first-order valence-corrected chi connectivity index (χ1v) is 10.3. The molecule has 25 heavy (non-hydrogen) atoms. The molecule has 0 spiro atoms. The fourth-order valence-corrected chi connectivity index (χ4v) is 4.31. The summed E-state index contributed by atoms with van der Waals surface area (Å²) in [6.45, 7) is 0. The zero-order chi connectivity index (χ0) is 17.7. The third-order valence-corrected chi connectivity index (χ3v) is 5.82. The summed E-state index contributed by atoms with van der Waals surface area (Å²) in [6.07, 6.45) is 1.45. The number of rotatable bonds is 7. The molecule has 0 atom stereocenters. The van der Waals surface area contributed by atoms with Gasteiger partial charge in [-0.2, -0.15) is 0 Å². The van der Waals surface area contributed by atoms with Crippen LogP contribution in [0, 0.1) is 0 Å². The number of nitrogens with one attached hydrogen (secondary N) is 1. The van der Waals surface area contributed by atoms with Gasteiger partial charge in [0.1, 0.15) is 0 Å². The van der Waals surface area contributed by atoms with Crippen LogP contribution < -0.4 is 5.32 Å². The van der Waals surface area contributed by atoms with Gasteiger partial charge in [-0.05, 0) is 24.3 Å². The normalized spacial score (nSPS) is 11.4. The monoisotopic (exact) mass is 376 g/mol. The second-order valence-electron chi connectivity index (χ2n) is 5.38. The average Bonchev–Trinajstić information content (AvgIpc) is 3.25. The smallest absolute Gasteiger partial charge is 0.225 e. The number of benzene rings is 1. The fraction of sp³-hybridized carbons (Fsp3) is 0.176. The Morgan fingerprint density at radius 1 is 1.16 bits per heavy atom. The van der Waals surface area contributed by atoms with E-state index in [0.29, 0.717) is 22.1 Å². The molecule has 1 N–H and O–H groups in total. The zero-order valence-electron chi connectivity index (χ0n) is 13.2. The highest BCUT2D eigenvalue weighted by Crippen LogP contribution is 2.24. The van der Waals surface area contributed by atoms with Crippen LogP contribution in [0.3, 0.4) is 0 Å². The van der Waals surface area contributed by atoms with Gasteiger partial charge in [0, 0.05) is 17.5 Å². The molecule has 0 aliphatic heterocycles. The summed E-state index contributed by atoms with van der Waals surface area (Å²) in [7, 11) is -3.42. The minimum absolute atomic E-state index is 0.0909. The molecule has 3 aromatic rings. The molecule has 0 saturated carbocycles. The first-order chi connectivity index (χ1) is 12.0. The number of para-hydroxylation sites is 1. The summed E-state index contributed by atoms with van der Waals surface area (Å²) in [4.78, 5) is 16.1. The Hall–Kier alpha value is -2.45. The lowest BCUT2D eigenvalue weighted by Gasteiger charge is -2.05. The van der Waals surface area contributed by atoms with Crippen molar-refractivity contribution in [2.45, 2.75) is 12.2 Å². The highest BCUT2D eigenvalue weighted by molar-refractivity contribution is 7.90. The number of hydrogen-bond donors (Lipinski definition) is 1. The van der Waals surface area contributed by atoms with Crippen LogP contribution in [0.5, 0.6) is 0 Å². The minimum Gasteiger partial charge on any atom is -0.462 e. The number of carbonyl (C=O) groups excluding carboxylic acids is 1. The second-order valence-corrected chi connectivity index (χ2v) is 8.42. The van der Waals surface area contributed by atoms with Gasteiger partial charge in [0.25, 0.3) is 0 Å². The third-order valence-electron chi connectivity index (χ3n) is 3.35. The van der Waals surface area contributed by atoms with Crippen LogP contribution in [-0.4, -0.2) is 25.1 Å². The number of thiazole rings is 1. The molecule has 130 valence electrons. The number of carbonyl (C=O) groups is 1. The predicted molar refractivity (Wildman–Crippen MR) is 97.0 cm³/mol. The Labute approximate surface area is 149 Å². The maximum Gasteiger partial charge on any atom is 0.225 e. The van der Waals surface area contributed by atoms with Gasteiger partial charge in [-0.1, -0.05) is 18.2 Å². The third kappa shape index (κ3) is 5.01. The summed E-state index contributed by atoms with van der Waals surface area (Å²) in [6, 6.07) is 12.4. The van der Waals surface area contributed by atoms with Gasteiger partial charge in [0.2, 0.25) is 5.91 Å². The lowest BCUT2D eigenvalue weighted by Crippen LogP contribution is -2.18. The van der Waals surface area contributed by atoms with Crippen molar-refractivity contribution in [3.8, 4) is 10.8 Å². The Morgan fingerprint density at radius 3 is 2.68 bits per heavy atom. The quantitative estimate of drug-likeness (QED) is 0.683. The summed E-state index contributed by atoms with van der Waals surface area (Å²) in [5.41, 5.74) is 1.10. The van der Waals surface area contributed by atoms with Gasteiger partial charge < -0.3 is 9.73 Å². The Bertz CT molecular complexity index is 932. The molecule has 0 aliphatic carbocycles. The van der Waals surface area contributed by atoms with Crippen LogP contribution in [0.15, 0.2) is 58.5 Å². The number of anilines is 1. The van der Waals surface area contributed by atoms with Crippen molar-refractivity contribution in [3.05, 3.63) is 59.8 Å². The van der Waals surface area contributed by atoms with E-state index in [1.807, 2.05) is 6.07 Å². The highest BCUT2D eigenvalue weighted by atomic mass is 32.2. The molecule has 0 unspecified atom stereocenters. The molecule has 0 saturated heterocycles. The van der Waals surface area contributed by atoms with E-state index in [1.54, 1.807) is 48.0 Å². The van der Waals surface area contributed by atoms with Crippen molar-refractivity contribution in [3.63, 3.8) is 0 Å². The van der Waals surface area contributed by atoms with Crippen LogP contribution >= 0.6 is 11.3 Å². The molecular formula is C17H16N2O4S2. The summed E-state index contributed by atoms with van der Waals surface area (Å²) in [5.74, 6) is -0.137. The molecule has 0 aliphatic rings. The van der Waals surface area contributed by atoms with Gasteiger partial charge >= 0.3 is 0 Å². The average molecular weight is 376 g/mol. The van der Waals surface area contributed by atoms with Gasteiger partial charge in [-0.15, -0.1) is 11.3 Å². The van der Waals surface area contributed by atoms with Crippen molar-refractivity contribution >= 4 is 32.8 Å². The molecule has 1 amide bonds. The molecule has 0 radical (unpaired) electrons. The molecule has 2 heterocycles. The number of nitrogens with zero attached hydrogens (tertiary/aromatic N) is 1. The van der Waals surface area contributed by atoms with Gasteiger partial charge in [-0.3, -0.25) is 4.79 Å². The van der Waals surface area contributed by atoms with Crippen molar-refractivity contribution in [1.29, 1.82) is 0 Å². The summed E-state index contributed by atoms with van der Waals surface area (Å²) < 4.78 is 29.7. The molecule has 2 aromatic heterocycles. The Balaban J connectivity index is 1.54. The van der Waals surface area contributed by atoms with Crippen molar-refractivity contribution in [2.24, 2.45) is 0 Å². The number of furan rings is 1. The zero-order valence-corrected chi connectivity index (χ0v) is 14.8. The molecule has 1 aromatic carbocycles. The maximum atomic E-state index is 12.2. The van der Waals surface area contributed by atoms with Gasteiger partial charge in [0.05, 0.1) is 23.5 Å². The number of hydrogen-bond acceptors (Lipinski definition) is 6. The van der Waals surface area contributed by atoms with Crippen molar-refractivity contribution in [1.82, 2.24) is 4.98 Å². The maximum absolute atomic E-state index is 12.2. The second kappa shape index (κ2) is 7.62. The summed E-state index contributed by atoms with van der Waals surface area (Å²) in [5, 5.41) is 5.00. The van der Waals surface area contributed by atoms with Crippen LogP contribution in [0.1, 0.15) is 12.1 Å². The molecular weight excluding hydrogens is 360 g/mol. The molecule has 0 bridgehead atoms. The van der Waals surface area contributed by atoms with Crippen molar-refractivity contribution in [2.75, 3.05) is 11.1 Å². The van der Waals surface area contributed by atoms with E-state index < -0.39 is 9.84 Å². The lowest BCUT2D eigenvalue weighted by molar-refractivity contribution is -0.115. The Kier molecular flexibility index (Phi) is 5.30. The highest BCUT2D eigenvalue weighted by Gasteiger charge is 2.17. The van der Waals surface area contributed by atoms with E-state index in [-0.39, 0.29) is 23.8 Å². The van der Waals surface area contributed by atoms with E-state index in [4.69, 9.17) is 4.42 Å². The molecule has 3 rings (SSSR count). The summed E-state index contributed by atoms with van der Waals surface area (Å²) >= 11 is 1.33. The fourth-order valence-electron chi connectivity index (χ4n) is 2.18. The number of sulfone groups is 1. The van der Waals surface area contributed by atoms with E-state index in [9.17, 15) is 13.2 Å². The Morgan fingerprint density at radius 2 is 1.96 bits per heavy atom. The van der Waals surface area contributed by atoms with E-state index in [0.717, 1.165) is 0 Å². The van der Waals surface area contributed by atoms with Gasteiger partial charge in [-0.25, -0.2) is 13.4 Å². The number of amides is 1. The van der Waals surface area contributed by atoms with Crippen LogP contribution in [0.2, 0.25) is 0 Å². The van der Waals surface area contributed by atoms with E-state index >= 15 is 0 Å². The topological polar surface area (TPSA) is 89.3 Å². The van der Waals surface area contributed by atoms with Crippen LogP contribution in [0.25, 0.3) is 10.8 Å². The number of aromatic nitrogens is 1. The molecule has 8 heteroatoms. The minimum atomic E-state index is -3.42. The van der Waals surface area contributed by atoms with E-state index in [2.05, 4.69) is 10.3 Å². The predicted octanol–water partition coefficient (Wildman–Crippen LogP) is 3.35. The van der Waals surface area contributed by atoms with Gasteiger partial charge in [0.15, 0.2) is 20.6 Å². The first kappa shape index (κ1) is 17.4.